The summed E-state index contributed by atoms with van der Waals surface area (Å²) in [7, 11) is 0. The molecule has 0 radical (unpaired) electrons. The van der Waals surface area contributed by atoms with Crippen LogP contribution in [-0.2, 0) is 14.3 Å². The van der Waals surface area contributed by atoms with Crippen molar-refractivity contribution >= 4 is 23.3 Å². The smallest absolute Gasteiger partial charge is 0.310 e. The predicted molar refractivity (Wildman–Crippen MR) is 114 cm³/mol. The van der Waals surface area contributed by atoms with Crippen molar-refractivity contribution in [1.82, 2.24) is 0 Å². The second-order valence-corrected chi connectivity index (χ2v) is 8.93. The van der Waals surface area contributed by atoms with E-state index in [2.05, 4.69) is 5.32 Å². The molecule has 31 heavy (non-hydrogen) atoms. The Morgan fingerprint density at radius 2 is 1.77 bits per heavy atom. The molecule has 2 aromatic carbocycles. The Kier molecular flexibility index (Phi) is 4.80. The highest BCUT2D eigenvalue weighted by Gasteiger charge is 2.63. The number of rotatable bonds is 6. The minimum atomic E-state index is -0.626. The van der Waals surface area contributed by atoms with E-state index in [1.165, 1.54) is 0 Å². The molecule has 0 spiro atoms. The number of hydrogen-bond donors (Lipinski definition) is 1. The molecule has 1 heterocycles. The van der Waals surface area contributed by atoms with E-state index in [-0.39, 0.29) is 47.4 Å². The fourth-order valence-electron chi connectivity index (χ4n) is 5.42. The van der Waals surface area contributed by atoms with Crippen LogP contribution in [0.25, 0.3) is 0 Å². The highest BCUT2D eigenvalue weighted by Crippen LogP contribution is 2.57. The van der Waals surface area contributed by atoms with Gasteiger partial charge in [-0.15, -0.1) is 0 Å². The number of fused-ring (bicyclic) bond motifs is 1. The summed E-state index contributed by atoms with van der Waals surface area (Å²) in [5.74, 6) is -0.0420. The molecular weight excluding hydrogens is 394 g/mol. The first-order valence-corrected chi connectivity index (χ1v) is 10.8. The molecule has 6 heteroatoms. The van der Waals surface area contributed by atoms with Crippen molar-refractivity contribution in [2.45, 2.75) is 38.9 Å². The summed E-state index contributed by atoms with van der Waals surface area (Å²) in [6.45, 7) is 3.70. The molecule has 6 atom stereocenters. The zero-order chi connectivity index (χ0) is 21.7. The maximum atomic E-state index is 12.9. The molecule has 2 aromatic rings. The Bertz CT molecular complexity index is 1030. The topological polar surface area (TPSA) is 81.7 Å². The molecule has 0 aromatic heterocycles. The van der Waals surface area contributed by atoms with Crippen LogP contribution in [0.15, 0.2) is 48.5 Å². The third kappa shape index (κ3) is 3.50. The van der Waals surface area contributed by atoms with Crippen LogP contribution >= 0.6 is 0 Å². The second kappa shape index (κ2) is 7.52. The lowest BCUT2D eigenvalue weighted by Crippen LogP contribution is -2.35. The highest BCUT2D eigenvalue weighted by molar-refractivity contribution is 5.99. The van der Waals surface area contributed by atoms with Gasteiger partial charge in [-0.05, 0) is 56.9 Å². The molecular formula is C25H25NO5. The van der Waals surface area contributed by atoms with Crippen molar-refractivity contribution in [1.29, 1.82) is 0 Å². The van der Waals surface area contributed by atoms with Crippen LogP contribution in [0.4, 0.5) is 5.69 Å². The summed E-state index contributed by atoms with van der Waals surface area (Å²) in [4.78, 5) is 37.6. The second-order valence-electron chi connectivity index (χ2n) is 8.93. The van der Waals surface area contributed by atoms with E-state index in [0.717, 1.165) is 18.4 Å². The van der Waals surface area contributed by atoms with Crippen molar-refractivity contribution in [3.63, 3.8) is 0 Å². The first kappa shape index (κ1) is 19.8. The number of anilines is 1. The number of ketones is 1. The molecule has 1 aliphatic heterocycles. The van der Waals surface area contributed by atoms with Crippen LogP contribution in [0.3, 0.4) is 0 Å². The number of carbonyl (C=O) groups is 3. The maximum Gasteiger partial charge on any atom is 0.310 e. The van der Waals surface area contributed by atoms with Crippen molar-refractivity contribution in [2.75, 3.05) is 5.32 Å². The summed E-state index contributed by atoms with van der Waals surface area (Å²) in [5.41, 5.74) is 2.35. The highest BCUT2D eigenvalue weighted by atomic mass is 16.6. The Balaban J connectivity index is 1.20. The quantitative estimate of drug-likeness (QED) is 0.569. The third-order valence-corrected chi connectivity index (χ3v) is 6.93. The lowest BCUT2D eigenvalue weighted by atomic mass is 9.79. The van der Waals surface area contributed by atoms with Crippen LogP contribution < -0.4 is 10.1 Å². The molecule has 2 saturated carbocycles. The fourth-order valence-corrected chi connectivity index (χ4v) is 5.42. The lowest BCUT2D eigenvalue weighted by Gasteiger charge is -2.23. The van der Waals surface area contributed by atoms with E-state index >= 15 is 0 Å². The van der Waals surface area contributed by atoms with Gasteiger partial charge in [-0.1, -0.05) is 29.8 Å². The van der Waals surface area contributed by atoms with Crippen LogP contribution in [0.2, 0.25) is 0 Å². The van der Waals surface area contributed by atoms with Gasteiger partial charge >= 0.3 is 5.97 Å². The van der Waals surface area contributed by atoms with Crippen molar-refractivity contribution in [3.8, 4) is 5.75 Å². The summed E-state index contributed by atoms with van der Waals surface area (Å²) >= 11 is 0. The van der Waals surface area contributed by atoms with Crippen LogP contribution in [0, 0.1) is 30.6 Å². The monoisotopic (exact) mass is 419 g/mol. The van der Waals surface area contributed by atoms with Crippen molar-refractivity contribution in [3.05, 3.63) is 59.7 Å². The van der Waals surface area contributed by atoms with Gasteiger partial charge in [0.25, 0.3) is 0 Å². The molecule has 6 nitrogen and oxygen atoms in total. The molecule has 3 fully saturated rings. The average molecular weight is 419 g/mol. The van der Waals surface area contributed by atoms with Crippen LogP contribution in [0.1, 0.15) is 35.7 Å². The summed E-state index contributed by atoms with van der Waals surface area (Å²) < 4.78 is 11.2. The van der Waals surface area contributed by atoms with E-state index in [1.54, 1.807) is 43.3 Å². The van der Waals surface area contributed by atoms with E-state index in [9.17, 15) is 14.4 Å². The standard InChI is InChI=1S/C25H25NO5/c1-13-3-5-15(6-4-13)23(27)14(2)30-18-9-7-17(8-10-18)26-24(28)21-16-11-19-20(12-16)31-25(29)22(19)21/h3-10,14,16,19-22H,11-12H2,1-2H3,(H,26,28)/t14-,16-,19-,20-,21+,22+/m1/s1. The Morgan fingerprint density at radius 3 is 2.48 bits per heavy atom. The van der Waals surface area contributed by atoms with Crippen LogP contribution in [-0.4, -0.2) is 29.9 Å². The van der Waals surface area contributed by atoms with E-state index < -0.39 is 6.10 Å². The molecule has 0 unspecified atom stereocenters. The Labute approximate surface area is 180 Å². The zero-order valence-corrected chi connectivity index (χ0v) is 17.5. The summed E-state index contributed by atoms with van der Waals surface area (Å²) in [6, 6.07) is 14.4. The molecule has 160 valence electrons. The zero-order valence-electron chi connectivity index (χ0n) is 17.5. The molecule has 3 aliphatic rings. The normalized spacial score (nSPS) is 28.8. The molecule has 1 N–H and O–H groups in total. The number of aryl methyl sites for hydroxylation is 1. The molecule has 2 bridgehead atoms. The first-order valence-electron chi connectivity index (χ1n) is 10.8. The predicted octanol–water partition coefficient (Wildman–Crippen LogP) is 3.78. The van der Waals surface area contributed by atoms with Gasteiger partial charge in [0.1, 0.15) is 11.9 Å². The van der Waals surface area contributed by atoms with Gasteiger partial charge in [0.15, 0.2) is 6.10 Å². The van der Waals surface area contributed by atoms with Crippen molar-refractivity contribution < 1.29 is 23.9 Å². The number of esters is 1. The van der Waals surface area contributed by atoms with E-state index in [0.29, 0.717) is 17.0 Å². The van der Waals surface area contributed by atoms with E-state index in [4.69, 9.17) is 9.47 Å². The van der Waals surface area contributed by atoms with Gasteiger partial charge in [-0.2, -0.15) is 0 Å². The van der Waals surface area contributed by atoms with Gasteiger partial charge in [0.2, 0.25) is 11.7 Å². The third-order valence-electron chi connectivity index (χ3n) is 6.93. The van der Waals surface area contributed by atoms with Gasteiger partial charge in [0.05, 0.1) is 11.8 Å². The molecule has 1 saturated heterocycles. The maximum absolute atomic E-state index is 12.9. The first-order chi connectivity index (χ1) is 14.9. The molecule has 5 rings (SSSR count). The Hall–Kier alpha value is -3.15. The number of benzene rings is 2. The lowest BCUT2D eigenvalue weighted by molar-refractivity contribution is -0.145. The number of Topliss-reactive ketones (excluding diaryl/α,β-unsaturated/α-hetero) is 1. The summed E-state index contributed by atoms with van der Waals surface area (Å²) in [6.07, 6.45) is 1.09. The number of carbonyl (C=O) groups excluding carboxylic acids is 3. The van der Waals surface area contributed by atoms with Gasteiger partial charge in [-0.3, -0.25) is 14.4 Å². The number of amides is 1. The number of ether oxygens (including phenoxy) is 2. The molecule has 2 aliphatic carbocycles. The largest absolute Gasteiger partial charge is 0.483 e. The summed E-state index contributed by atoms with van der Waals surface area (Å²) in [5, 5.41) is 2.94. The molecule has 1 amide bonds. The van der Waals surface area contributed by atoms with Crippen molar-refractivity contribution in [2.24, 2.45) is 23.7 Å². The van der Waals surface area contributed by atoms with Crippen LogP contribution in [0.5, 0.6) is 5.75 Å². The van der Waals surface area contributed by atoms with Gasteiger partial charge < -0.3 is 14.8 Å². The van der Waals surface area contributed by atoms with Gasteiger partial charge in [0, 0.05) is 17.2 Å². The SMILES string of the molecule is Cc1ccc(C(=O)[C@@H](C)Oc2ccc(NC(=O)[C@H]3[C@@H]4C[C@H]5[C@@H]3C(=O)O[C@@H]5C4)cc2)cc1. The average Bonchev–Trinajstić information content (AvgIpc) is 3.38. The minimum Gasteiger partial charge on any atom is -0.483 e. The number of hydrogen-bond acceptors (Lipinski definition) is 5. The van der Waals surface area contributed by atoms with Gasteiger partial charge in [-0.25, -0.2) is 0 Å². The fraction of sp³-hybridized carbons (Fsp3) is 0.400. The number of nitrogens with one attached hydrogen (secondary N) is 1. The minimum absolute atomic E-state index is 0.0209. The Morgan fingerprint density at radius 1 is 1.06 bits per heavy atom. The van der Waals surface area contributed by atoms with E-state index in [1.807, 2.05) is 19.1 Å².